The van der Waals surface area contributed by atoms with Crippen molar-refractivity contribution < 1.29 is 14.4 Å². The number of hydrogen-bond acceptors (Lipinski definition) is 7. The predicted octanol–water partition coefficient (Wildman–Crippen LogP) is 2.42. The molecule has 0 saturated heterocycles. The minimum absolute atomic E-state index is 0.0367. The lowest BCUT2D eigenvalue weighted by Gasteiger charge is -2.10. The van der Waals surface area contributed by atoms with Crippen molar-refractivity contribution in [2.45, 2.75) is 0 Å². The van der Waals surface area contributed by atoms with Gasteiger partial charge in [-0.1, -0.05) is 11.6 Å². The second-order valence-corrected chi connectivity index (χ2v) is 4.00. The molecule has 0 spiro atoms. The first kappa shape index (κ1) is 13.8. The number of methoxy groups -OCH3 is 1. The summed E-state index contributed by atoms with van der Waals surface area (Å²) in [6, 6.07) is 3.92. The highest BCUT2D eigenvalue weighted by Crippen LogP contribution is 2.37. The predicted molar refractivity (Wildman–Crippen MR) is 71.2 cm³/mol. The number of halogens is 1. The zero-order valence-electron chi connectivity index (χ0n) is 10.2. The molecule has 0 atom stereocenters. The van der Waals surface area contributed by atoms with Gasteiger partial charge in [-0.2, -0.15) is 4.98 Å². The summed E-state index contributed by atoms with van der Waals surface area (Å²) < 4.78 is 10.4. The molecule has 0 aliphatic carbocycles. The van der Waals surface area contributed by atoms with Crippen molar-refractivity contribution in [1.29, 1.82) is 0 Å². The first-order chi connectivity index (χ1) is 9.52. The van der Waals surface area contributed by atoms with Crippen LogP contribution in [0, 0.1) is 10.1 Å². The number of hydrogen-bond donors (Lipinski definition) is 1. The fraction of sp³-hybridized carbons (Fsp3) is 0.0909. The average molecular weight is 297 g/mol. The van der Waals surface area contributed by atoms with Crippen LogP contribution in [0.1, 0.15) is 0 Å². The van der Waals surface area contributed by atoms with E-state index in [9.17, 15) is 10.1 Å². The number of anilines is 1. The fourth-order valence-electron chi connectivity index (χ4n) is 1.46. The van der Waals surface area contributed by atoms with Crippen molar-refractivity contribution in [3.63, 3.8) is 0 Å². The highest BCUT2D eigenvalue weighted by atomic mass is 35.5. The Morgan fingerprint density at radius 2 is 2.15 bits per heavy atom. The third-order valence-electron chi connectivity index (χ3n) is 2.33. The second kappa shape index (κ2) is 5.57. The van der Waals surface area contributed by atoms with Crippen LogP contribution in [0.5, 0.6) is 17.4 Å². The molecule has 2 aromatic rings. The molecule has 104 valence electrons. The smallest absolute Gasteiger partial charge is 0.311 e. The van der Waals surface area contributed by atoms with Gasteiger partial charge in [0.15, 0.2) is 5.82 Å². The Hall–Kier alpha value is -2.61. The molecule has 0 amide bonds. The maximum atomic E-state index is 10.9. The number of rotatable bonds is 4. The Kier molecular flexibility index (Phi) is 3.85. The van der Waals surface area contributed by atoms with Gasteiger partial charge in [-0.05, 0) is 6.07 Å². The van der Waals surface area contributed by atoms with Crippen molar-refractivity contribution in [3.8, 4) is 17.4 Å². The van der Waals surface area contributed by atoms with E-state index >= 15 is 0 Å². The van der Waals surface area contributed by atoms with Crippen molar-refractivity contribution in [2.24, 2.45) is 0 Å². The van der Waals surface area contributed by atoms with Gasteiger partial charge in [0.1, 0.15) is 6.33 Å². The van der Waals surface area contributed by atoms with Crippen LogP contribution in [-0.4, -0.2) is 22.0 Å². The quantitative estimate of drug-likeness (QED) is 0.680. The van der Waals surface area contributed by atoms with Crippen LogP contribution < -0.4 is 15.2 Å². The molecule has 20 heavy (non-hydrogen) atoms. The molecule has 0 radical (unpaired) electrons. The summed E-state index contributed by atoms with van der Waals surface area (Å²) in [4.78, 5) is 17.9. The molecule has 8 nitrogen and oxygen atoms in total. The van der Waals surface area contributed by atoms with Crippen molar-refractivity contribution in [1.82, 2.24) is 9.97 Å². The molecule has 0 bridgehead atoms. The fourth-order valence-corrected chi connectivity index (χ4v) is 1.62. The Balaban J connectivity index is 2.47. The Morgan fingerprint density at radius 1 is 1.40 bits per heavy atom. The van der Waals surface area contributed by atoms with Crippen molar-refractivity contribution >= 4 is 23.1 Å². The van der Waals surface area contributed by atoms with Crippen LogP contribution in [0.25, 0.3) is 0 Å². The molecular formula is C11H9ClN4O4. The monoisotopic (exact) mass is 296 g/mol. The van der Waals surface area contributed by atoms with Gasteiger partial charge in [-0.15, -0.1) is 0 Å². The number of nitrogens with two attached hydrogens (primary N) is 1. The molecule has 0 saturated carbocycles. The van der Waals surface area contributed by atoms with E-state index in [2.05, 4.69) is 9.97 Å². The Morgan fingerprint density at radius 3 is 2.80 bits per heavy atom. The van der Waals surface area contributed by atoms with E-state index in [0.29, 0.717) is 0 Å². The lowest BCUT2D eigenvalue weighted by Crippen LogP contribution is -2.01. The normalized spacial score (nSPS) is 10.1. The van der Waals surface area contributed by atoms with Gasteiger partial charge in [0.05, 0.1) is 12.0 Å². The van der Waals surface area contributed by atoms with E-state index in [1.165, 1.54) is 25.3 Å². The van der Waals surface area contributed by atoms with Gasteiger partial charge in [0.25, 0.3) is 5.88 Å². The largest absolute Gasteiger partial charge is 0.489 e. The third kappa shape index (κ3) is 2.69. The van der Waals surface area contributed by atoms with Crippen LogP contribution in [-0.2, 0) is 0 Å². The molecular weight excluding hydrogens is 288 g/mol. The first-order valence-corrected chi connectivity index (χ1v) is 5.67. The number of nitro benzene ring substituents is 1. The molecule has 0 unspecified atom stereocenters. The summed E-state index contributed by atoms with van der Waals surface area (Å²) in [5.74, 6) is 0.0354. The lowest BCUT2D eigenvalue weighted by atomic mass is 10.3. The Bertz CT molecular complexity index is 665. The molecule has 1 heterocycles. The van der Waals surface area contributed by atoms with Crippen LogP contribution in [0.4, 0.5) is 11.5 Å². The topological polar surface area (TPSA) is 113 Å². The minimum Gasteiger partial charge on any atom is -0.489 e. The molecule has 9 heteroatoms. The maximum absolute atomic E-state index is 10.9. The average Bonchev–Trinajstić information content (AvgIpc) is 2.38. The van der Waals surface area contributed by atoms with E-state index in [1.54, 1.807) is 0 Å². The van der Waals surface area contributed by atoms with Gasteiger partial charge in [-0.3, -0.25) is 10.1 Å². The summed E-state index contributed by atoms with van der Waals surface area (Å²) in [6.45, 7) is 0. The number of benzene rings is 1. The molecule has 0 aliphatic heterocycles. The standard InChI is InChI=1S/C11H9ClN4O4/c1-19-9-10(13)14-5-15-11(9)20-8-4-6(12)2-3-7(8)16(17)18/h2-5H,1H3,(H2,13,14,15). The van der Waals surface area contributed by atoms with Gasteiger partial charge < -0.3 is 15.2 Å². The zero-order valence-corrected chi connectivity index (χ0v) is 11.0. The van der Waals surface area contributed by atoms with E-state index in [0.717, 1.165) is 6.33 Å². The van der Waals surface area contributed by atoms with E-state index in [4.69, 9.17) is 26.8 Å². The maximum Gasteiger partial charge on any atom is 0.311 e. The summed E-state index contributed by atoms with van der Waals surface area (Å²) >= 11 is 5.80. The highest BCUT2D eigenvalue weighted by Gasteiger charge is 2.19. The van der Waals surface area contributed by atoms with Gasteiger partial charge in [-0.25, -0.2) is 4.98 Å². The second-order valence-electron chi connectivity index (χ2n) is 3.57. The van der Waals surface area contributed by atoms with Gasteiger partial charge >= 0.3 is 5.69 Å². The molecule has 0 fully saturated rings. The van der Waals surface area contributed by atoms with E-state index < -0.39 is 4.92 Å². The SMILES string of the molecule is COc1c(N)ncnc1Oc1cc(Cl)ccc1[N+](=O)[O-]. The van der Waals surface area contributed by atoms with Crippen molar-refractivity contribution in [2.75, 3.05) is 12.8 Å². The molecule has 0 aliphatic rings. The zero-order chi connectivity index (χ0) is 14.7. The van der Waals surface area contributed by atoms with Crippen LogP contribution >= 0.6 is 11.6 Å². The first-order valence-electron chi connectivity index (χ1n) is 5.29. The molecule has 2 N–H and O–H groups in total. The third-order valence-corrected chi connectivity index (χ3v) is 2.56. The Labute approximate surface area is 118 Å². The summed E-state index contributed by atoms with van der Waals surface area (Å²) in [7, 11) is 1.36. The molecule has 1 aromatic heterocycles. The summed E-state index contributed by atoms with van der Waals surface area (Å²) in [5.41, 5.74) is 5.34. The van der Waals surface area contributed by atoms with Crippen molar-refractivity contribution in [3.05, 3.63) is 39.7 Å². The van der Waals surface area contributed by atoms with E-state index in [1.807, 2.05) is 0 Å². The van der Waals surface area contributed by atoms with Crippen LogP contribution in [0.2, 0.25) is 5.02 Å². The number of ether oxygens (including phenoxy) is 2. The number of nitrogens with zero attached hydrogens (tertiary/aromatic N) is 3. The summed E-state index contributed by atoms with van der Waals surface area (Å²) in [6.07, 6.45) is 1.16. The van der Waals surface area contributed by atoms with Crippen LogP contribution in [0.3, 0.4) is 0 Å². The summed E-state index contributed by atoms with van der Waals surface area (Å²) in [5, 5.41) is 11.2. The lowest BCUT2D eigenvalue weighted by molar-refractivity contribution is -0.385. The molecule has 1 aromatic carbocycles. The van der Waals surface area contributed by atoms with E-state index in [-0.39, 0.29) is 33.9 Å². The number of nitrogen functional groups attached to an aromatic ring is 1. The highest BCUT2D eigenvalue weighted by molar-refractivity contribution is 6.30. The number of aromatic nitrogens is 2. The van der Waals surface area contributed by atoms with Gasteiger partial charge in [0.2, 0.25) is 11.5 Å². The van der Waals surface area contributed by atoms with Gasteiger partial charge in [0, 0.05) is 17.2 Å². The number of nitro groups is 1. The van der Waals surface area contributed by atoms with Crippen LogP contribution in [0.15, 0.2) is 24.5 Å². The molecule has 2 rings (SSSR count). The minimum atomic E-state index is -0.595.